The number of aromatic nitrogens is 6. The average molecular weight is 388 g/mol. The van der Waals surface area contributed by atoms with Crippen molar-refractivity contribution < 1.29 is 0 Å². The summed E-state index contributed by atoms with van der Waals surface area (Å²) in [6, 6.07) is 30.6. The van der Waals surface area contributed by atoms with Crippen LogP contribution in [0.3, 0.4) is 0 Å². The molecule has 0 unspecified atom stereocenters. The van der Waals surface area contributed by atoms with Crippen molar-refractivity contribution in [1.29, 1.82) is 0 Å². The first-order valence-electron chi connectivity index (χ1n) is 9.69. The van der Waals surface area contributed by atoms with Gasteiger partial charge in [-0.1, -0.05) is 78.9 Å². The number of hydrogen-bond donors (Lipinski definition) is 1. The second kappa shape index (κ2) is 6.63. The lowest BCUT2D eigenvalue weighted by molar-refractivity contribution is 0.842. The minimum Gasteiger partial charge on any atom is -0.337 e. The second-order valence-electron chi connectivity index (χ2n) is 7.07. The number of para-hydroxylation sites is 1. The summed E-state index contributed by atoms with van der Waals surface area (Å²) in [6.07, 6.45) is 0. The highest BCUT2D eigenvalue weighted by Gasteiger charge is 2.19. The lowest BCUT2D eigenvalue weighted by atomic mass is 10.1. The third kappa shape index (κ3) is 2.58. The predicted octanol–water partition coefficient (Wildman–Crippen LogP) is 5.00. The van der Waals surface area contributed by atoms with Crippen LogP contribution in [0.1, 0.15) is 0 Å². The maximum atomic E-state index is 5.00. The molecular formula is C24H16N6. The largest absolute Gasteiger partial charge is 0.337 e. The molecule has 6 nitrogen and oxygen atoms in total. The zero-order valence-electron chi connectivity index (χ0n) is 15.9. The lowest BCUT2D eigenvalue weighted by Gasteiger charge is -2.04. The van der Waals surface area contributed by atoms with Crippen molar-refractivity contribution in [2.45, 2.75) is 0 Å². The van der Waals surface area contributed by atoms with E-state index in [9.17, 15) is 0 Å². The highest BCUT2D eigenvalue weighted by atomic mass is 15.5. The number of tetrazole rings is 1. The molecule has 3 heterocycles. The Balaban J connectivity index is 1.64. The molecule has 0 spiro atoms. The van der Waals surface area contributed by atoms with E-state index in [0.29, 0.717) is 5.65 Å². The lowest BCUT2D eigenvalue weighted by Crippen LogP contribution is -1.94. The minimum absolute atomic E-state index is 0.668. The van der Waals surface area contributed by atoms with Gasteiger partial charge in [0.2, 0.25) is 0 Å². The minimum atomic E-state index is 0.668. The van der Waals surface area contributed by atoms with Gasteiger partial charge in [0.1, 0.15) is 5.82 Å². The van der Waals surface area contributed by atoms with Gasteiger partial charge in [0.05, 0.1) is 22.5 Å². The van der Waals surface area contributed by atoms with Gasteiger partial charge in [-0.3, -0.25) is 0 Å². The molecule has 3 aromatic heterocycles. The first-order valence-corrected chi connectivity index (χ1v) is 9.69. The fraction of sp³-hybridized carbons (Fsp3) is 0. The Morgan fingerprint density at radius 3 is 2.23 bits per heavy atom. The summed E-state index contributed by atoms with van der Waals surface area (Å²) < 4.78 is 1.76. The van der Waals surface area contributed by atoms with Crippen molar-refractivity contribution in [3.05, 3.63) is 91.0 Å². The van der Waals surface area contributed by atoms with Crippen LogP contribution in [0.15, 0.2) is 91.0 Å². The Morgan fingerprint density at radius 1 is 0.733 bits per heavy atom. The molecule has 0 bridgehead atoms. The van der Waals surface area contributed by atoms with E-state index in [-0.39, 0.29) is 0 Å². The van der Waals surface area contributed by atoms with Gasteiger partial charge in [0, 0.05) is 16.5 Å². The number of nitrogens with one attached hydrogen (secondary N) is 1. The third-order valence-corrected chi connectivity index (χ3v) is 5.24. The molecule has 0 aliphatic rings. The van der Waals surface area contributed by atoms with Crippen LogP contribution in [0.2, 0.25) is 0 Å². The summed E-state index contributed by atoms with van der Waals surface area (Å²) in [7, 11) is 0. The maximum Gasteiger partial charge on any atom is 0.190 e. The zero-order valence-corrected chi connectivity index (χ0v) is 15.9. The molecule has 6 aromatic rings. The van der Waals surface area contributed by atoms with Crippen molar-refractivity contribution in [2.75, 3.05) is 0 Å². The SMILES string of the molecule is c1ccc(-c2nc(-c3cc4ccccc4n4nnnc34)[nH]c2-c2ccccc2)cc1. The summed E-state index contributed by atoms with van der Waals surface area (Å²) in [6.45, 7) is 0. The molecular weight excluding hydrogens is 372 g/mol. The van der Waals surface area contributed by atoms with E-state index in [2.05, 4.69) is 56.9 Å². The van der Waals surface area contributed by atoms with E-state index in [1.54, 1.807) is 4.52 Å². The van der Waals surface area contributed by atoms with Gasteiger partial charge in [-0.15, -0.1) is 5.10 Å². The number of fused-ring (bicyclic) bond motifs is 3. The van der Waals surface area contributed by atoms with Crippen LogP contribution in [0.4, 0.5) is 0 Å². The maximum absolute atomic E-state index is 5.00. The number of imidazole rings is 1. The van der Waals surface area contributed by atoms with Crippen LogP contribution < -0.4 is 0 Å². The van der Waals surface area contributed by atoms with Crippen LogP contribution in [0, 0.1) is 0 Å². The van der Waals surface area contributed by atoms with E-state index in [0.717, 1.165) is 44.8 Å². The number of benzene rings is 3. The number of pyridine rings is 1. The van der Waals surface area contributed by atoms with E-state index in [1.807, 2.05) is 54.6 Å². The van der Waals surface area contributed by atoms with E-state index in [1.165, 1.54) is 0 Å². The molecule has 0 saturated carbocycles. The Morgan fingerprint density at radius 2 is 1.43 bits per heavy atom. The average Bonchev–Trinajstić information content (AvgIpc) is 3.48. The van der Waals surface area contributed by atoms with Crippen molar-refractivity contribution in [3.8, 4) is 33.9 Å². The molecule has 6 rings (SSSR count). The topological polar surface area (TPSA) is 71.8 Å². The van der Waals surface area contributed by atoms with Gasteiger partial charge >= 0.3 is 0 Å². The summed E-state index contributed by atoms with van der Waals surface area (Å²) in [5, 5.41) is 13.4. The van der Waals surface area contributed by atoms with E-state index in [4.69, 9.17) is 4.98 Å². The van der Waals surface area contributed by atoms with Gasteiger partial charge in [0.15, 0.2) is 5.65 Å². The molecule has 30 heavy (non-hydrogen) atoms. The number of hydrogen-bond acceptors (Lipinski definition) is 4. The predicted molar refractivity (Wildman–Crippen MR) is 117 cm³/mol. The molecule has 0 radical (unpaired) electrons. The van der Waals surface area contributed by atoms with Crippen molar-refractivity contribution in [3.63, 3.8) is 0 Å². The fourth-order valence-electron chi connectivity index (χ4n) is 3.83. The smallest absolute Gasteiger partial charge is 0.190 e. The molecule has 0 aliphatic heterocycles. The molecule has 0 fully saturated rings. The molecule has 0 atom stereocenters. The van der Waals surface area contributed by atoms with Gasteiger partial charge in [-0.25, -0.2) is 4.98 Å². The van der Waals surface area contributed by atoms with Crippen molar-refractivity contribution in [1.82, 2.24) is 30.0 Å². The summed E-state index contributed by atoms with van der Waals surface area (Å²) in [5.41, 5.74) is 6.48. The van der Waals surface area contributed by atoms with Gasteiger partial charge < -0.3 is 4.98 Å². The number of rotatable bonds is 3. The standard InChI is InChI=1S/C24H16N6/c1-3-9-16(10-4-1)21-22(17-11-5-2-6-12-17)26-23(25-21)19-15-18-13-7-8-14-20(18)30-24(19)27-28-29-30/h1-15H,(H,25,26). The van der Waals surface area contributed by atoms with Gasteiger partial charge in [0.25, 0.3) is 0 Å². The van der Waals surface area contributed by atoms with Gasteiger partial charge in [-0.2, -0.15) is 4.52 Å². The molecule has 1 N–H and O–H groups in total. The van der Waals surface area contributed by atoms with E-state index >= 15 is 0 Å². The summed E-state index contributed by atoms with van der Waals surface area (Å²) in [4.78, 5) is 8.54. The van der Waals surface area contributed by atoms with Crippen LogP contribution in [0.5, 0.6) is 0 Å². The molecule has 142 valence electrons. The normalized spacial score (nSPS) is 11.3. The molecule has 0 aliphatic carbocycles. The van der Waals surface area contributed by atoms with Crippen LogP contribution in [-0.4, -0.2) is 30.0 Å². The number of nitrogens with zero attached hydrogens (tertiary/aromatic N) is 5. The molecule has 0 amide bonds. The molecule has 3 aromatic carbocycles. The quantitative estimate of drug-likeness (QED) is 0.463. The number of aromatic amines is 1. The summed E-state index contributed by atoms with van der Waals surface area (Å²) in [5.74, 6) is 0.734. The highest BCUT2D eigenvalue weighted by molar-refractivity contribution is 5.91. The molecule has 0 saturated heterocycles. The Hall–Kier alpha value is -4.32. The third-order valence-electron chi connectivity index (χ3n) is 5.24. The fourth-order valence-corrected chi connectivity index (χ4v) is 3.83. The van der Waals surface area contributed by atoms with Crippen molar-refractivity contribution in [2.24, 2.45) is 0 Å². The first-order chi connectivity index (χ1) is 14.9. The Bertz CT molecular complexity index is 1430. The highest BCUT2D eigenvalue weighted by Crippen LogP contribution is 2.34. The van der Waals surface area contributed by atoms with Crippen LogP contribution >= 0.6 is 0 Å². The number of H-pyrrole nitrogens is 1. The Labute approximate surface area is 171 Å². The summed E-state index contributed by atoms with van der Waals surface area (Å²) >= 11 is 0. The Kier molecular flexibility index (Phi) is 3.67. The zero-order chi connectivity index (χ0) is 19.9. The van der Waals surface area contributed by atoms with Crippen LogP contribution in [0.25, 0.3) is 50.5 Å². The monoisotopic (exact) mass is 388 g/mol. The van der Waals surface area contributed by atoms with Gasteiger partial charge in [-0.05, 0) is 22.6 Å². The first kappa shape index (κ1) is 16.6. The molecule has 6 heteroatoms. The van der Waals surface area contributed by atoms with Crippen molar-refractivity contribution >= 4 is 16.6 Å². The van der Waals surface area contributed by atoms with E-state index < -0.39 is 0 Å². The van der Waals surface area contributed by atoms with Crippen LogP contribution in [-0.2, 0) is 0 Å². The second-order valence-corrected chi connectivity index (χ2v) is 7.07.